The van der Waals surface area contributed by atoms with Crippen LogP contribution in [0.2, 0.25) is 0 Å². The van der Waals surface area contributed by atoms with Crippen molar-refractivity contribution in [2.75, 3.05) is 18.9 Å². The van der Waals surface area contributed by atoms with Crippen molar-refractivity contribution in [2.45, 2.75) is 5.16 Å². The Morgan fingerprint density at radius 3 is 2.34 bits per heavy atom. The molecular weight excluding hydrogens is 427 g/mol. The number of ether oxygens (including phenoxy) is 1. The van der Waals surface area contributed by atoms with Crippen LogP contribution >= 0.6 is 11.8 Å². The van der Waals surface area contributed by atoms with Crippen LogP contribution in [0.1, 0.15) is 0 Å². The van der Waals surface area contributed by atoms with Crippen molar-refractivity contribution >= 4 is 17.7 Å². The molecule has 4 rings (SSSR count). The minimum atomic E-state index is -0.318. The topological polar surface area (TPSA) is 69.0 Å². The summed E-state index contributed by atoms with van der Waals surface area (Å²) in [5, 5.41) is 12.0. The van der Waals surface area contributed by atoms with Gasteiger partial charge in [0.2, 0.25) is 5.91 Å². The molecule has 0 atom stereocenters. The Morgan fingerprint density at radius 1 is 0.938 bits per heavy atom. The second-order valence-corrected chi connectivity index (χ2v) is 7.73. The highest BCUT2D eigenvalue weighted by Gasteiger charge is 2.17. The van der Waals surface area contributed by atoms with E-state index in [1.165, 1.54) is 23.9 Å². The van der Waals surface area contributed by atoms with Gasteiger partial charge in [-0.15, -0.1) is 10.2 Å². The fourth-order valence-corrected chi connectivity index (χ4v) is 3.80. The van der Waals surface area contributed by atoms with E-state index in [4.69, 9.17) is 4.74 Å². The van der Waals surface area contributed by atoms with Crippen LogP contribution in [0.25, 0.3) is 17.1 Å². The van der Waals surface area contributed by atoms with Gasteiger partial charge >= 0.3 is 0 Å². The molecule has 3 aromatic carbocycles. The summed E-state index contributed by atoms with van der Waals surface area (Å²) in [6.07, 6.45) is 0. The first-order valence-corrected chi connectivity index (χ1v) is 11.0. The molecule has 162 valence electrons. The largest absolute Gasteiger partial charge is 0.492 e. The highest BCUT2D eigenvalue weighted by molar-refractivity contribution is 7.99. The maximum atomic E-state index is 13.4. The number of halogens is 1. The number of rotatable bonds is 9. The predicted molar refractivity (Wildman–Crippen MR) is 122 cm³/mol. The van der Waals surface area contributed by atoms with E-state index in [0.29, 0.717) is 24.1 Å². The molecule has 1 N–H and O–H groups in total. The van der Waals surface area contributed by atoms with E-state index in [-0.39, 0.29) is 17.5 Å². The van der Waals surface area contributed by atoms with Crippen molar-refractivity contribution in [1.29, 1.82) is 0 Å². The van der Waals surface area contributed by atoms with Gasteiger partial charge in [0.1, 0.15) is 18.2 Å². The van der Waals surface area contributed by atoms with Gasteiger partial charge in [0.05, 0.1) is 12.3 Å². The maximum absolute atomic E-state index is 13.4. The molecule has 1 aromatic heterocycles. The molecule has 0 aliphatic rings. The fourth-order valence-electron chi connectivity index (χ4n) is 3.02. The standard InChI is InChI=1S/C24H21FN4O2S/c25-19-13-11-18(12-14-19)23-27-28-24(29(23)20-7-3-1-4-8-20)32-17-22(30)26-15-16-31-21-9-5-2-6-10-21/h1-14H,15-17H2,(H,26,30). The molecule has 32 heavy (non-hydrogen) atoms. The summed E-state index contributed by atoms with van der Waals surface area (Å²) in [4.78, 5) is 12.3. The second-order valence-electron chi connectivity index (χ2n) is 6.78. The van der Waals surface area contributed by atoms with Gasteiger partial charge in [-0.2, -0.15) is 0 Å². The number of amides is 1. The average Bonchev–Trinajstić information content (AvgIpc) is 3.26. The molecule has 1 heterocycles. The second kappa shape index (κ2) is 10.6. The first-order valence-electron chi connectivity index (χ1n) is 10.0. The molecule has 0 bridgehead atoms. The van der Waals surface area contributed by atoms with E-state index >= 15 is 0 Å². The molecule has 8 heteroatoms. The molecule has 6 nitrogen and oxygen atoms in total. The minimum absolute atomic E-state index is 0.127. The smallest absolute Gasteiger partial charge is 0.230 e. The molecule has 0 unspecified atom stereocenters. The monoisotopic (exact) mass is 448 g/mol. The summed E-state index contributed by atoms with van der Waals surface area (Å²) in [6.45, 7) is 0.788. The van der Waals surface area contributed by atoms with E-state index in [9.17, 15) is 9.18 Å². The first-order chi connectivity index (χ1) is 15.7. The quantitative estimate of drug-likeness (QED) is 0.304. The van der Waals surface area contributed by atoms with E-state index in [2.05, 4.69) is 15.5 Å². The van der Waals surface area contributed by atoms with Crippen LogP contribution in [0.3, 0.4) is 0 Å². The number of benzene rings is 3. The number of hydrogen-bond donors (Lipinski definition) is 1. The van der Waals surface area contributed by atoms with E-state index < -0.39 is 0 Å². The van der Waals surface area contributed by atoms with E-state index in [1.807, 2.05) is 65.2 Å². The molecule has 0 spiro atoms. The lowest BCUT2D eigenvalue weighted by Crippen LogP contribution is -2.29. The van der Waals surface area contributed by atoms with Crippen LogP contribution in [0.5, 0.6) is 5.75 Å². The zero-order valence-electron chi connectivity index (χ0n) is 17.1. The first kappa shape index (κ1) is 21.6. The number of thioether (sulfide) groups is 1. The zero-order valence-corrected chi connectivity index (χ0v) is 18.0. The third-order valence-corrected chi connectivity index (χ3v) is 5.45. The van der Waals surface area contributed by atoms with Crippen molar-refractivity contribution in [1.82, 2.24) is 20.1 Å². The third-order valence-electron chi connectivity index (χ3n) is 4.52. The van der Waals surface area contributed by atoms with Crippen molar-refractivity contribution in [3.05, 3.63) is 90.7 Å². The summed E-state index contributed by atoms with van der Waals surface area (Å²) in [6, 6.07) is 25.2. The summed E-state index contributed by atoms with van der Waals surface area (Å²) >= 11 is 1.29. The molecule has 0 aliphatic carbocycles. The van der Waals surface area contributed by atoms with Crippen LogP contribution in [0.4, 0.5) is 4.39 Å². The Kier molecular flexibility index (Phi) is 7.14. The molecule has 0 saturated carbocycles. The Labute approximate surface area is 189 Å². The number of carbonyl (C=O) groups excluding carboxylic acids is 1. The van der Waals surface area contributed by atoms with Gasteiger partial charge < -0.3 is 10.1 Å². The van der Waals surface area contributed by atoms with Crippen molar-refractivity contribution in [3.8, 4) is 22.8 Å². The Balaban J connectivity index is 1.41. The van der Waals surface area contributed by atoms with Gasteiger partial charge in [-0.1, -0.05) is 48.2 Å². The van der Waals surface area contributed by atoms with Gasteiger partial charge in [-0.3, -0.25) is 9.36 Å². The van der Waals surface area contributed by atoms with Crippen LogP contribution < -0.4 is 10.1 Å². The number of carbonyl (C=O) groups is 1. The zero-order chi connectivity index (χ0) is 22.2. The fraction of sp³-hybridized carbons (Fsp3) is 0.125. The highest BCUT2D eigenvalue weighted by atomic mass is 32.2. The number of aromatic nitrogens is 3. The number of nitrogens with zero attached hydrogens (tertiary/aromatic N) is 3. The SMILES string of the molecule is O=C(CSc1nnc(-c2ccc(F)cc2)n1-c1ccccc1)NCCOc1ccccc1. The molecule has 0 saturated heterocycles. The van der Waals surface area contributed by atoms with Gasteiger partial charge in [0.15, 0.2) is 11.0 Å². The van der Waals surface area contributed by atoms with Crippen molar-refractivity contribution < 1.29 is 13.9 Å². The molecule has 1 amide bonds. The summed E-state index contributed by atoms with van der Waals surface area (Å²) in [5.74, 6) is 1.08. The summed E-state index contributed by atoms with van der Waals surface area (Å²) < 4.78 is 20.8. The Bertz CT molecular complexity index is 1150. The van der Waals surface area contributed by atoms with E-state index in [0.717, 1.165) is 17.0 Å². The average molecular weight is 449 g/mol. The molecular formula is C24H21FN4O2S. The van der Waals surface area contributed by atoms with Gasteiger partial charge in [-0.05, 0) is 48.5 Å². The van der Waals surface area contributed by atoms with E-state index in [1.54, 1.807) is 12.1 Å². The van der Waals surface area contributed by atoms with Crippen LogP contribution in [0, 0.1) is 5.82 Å². The number of para-hydroxylation sites is 2. The lowest BCUT2D eigenvalue weighted by Gasteiger charge is -2.11. The number of hydrogen-bond acceptors (Lipinski definition) is 5. The third kappa shape index (κ3) is 5.53. The Morgan fingerprint density at radius 2 is 1.62 bits per heavy atom. The lowest BCUT2D eigenvalue weighted by molar-refractivity contribution is -0.118. The van der Waals surface area contributed by atoms with Gasteiger partial charge in [0.25, 0.3) is 0 Å². The van der Waals surface area contributed by atoms with Crippen LogP contribution in [-0.4, -0.2) is 39.6 Å². The lowest BCUT2D eigenvalue weighted by atomic mass is 10.2. The van der Waals surface area contributed by atoms with Crippen molar-refractivity contribution in [3.63, 3.8) is 0 Å². The minimum Gasteiger partial charge on any atom is -0.492 e. The molecule has 0 aliphatic heterocycles. The van der Waals surface area contributed by atoms with Crippen LogP contribution in [0.15, 0.2) is 90.1 Å². The van der Waals surface area contributed by atoms with Gasteiger partial charge in [0, 0.05) is 11.3 Å². The van der Waals surface area contributed by atoms with Crippen LogP contribution in [-0.2, 0) is 4.79 Å². The summed E-state index contributed by atoms with van der Waals surface area (Å²) in [5.41, 5.74) is 1.59. The van der Waals surface area contributed by atoms with Crippen molar-refractivity contribution in [2.24, 2.45) is 0 Å². The summed E-state index contributed by atoms with van der Waals surface area (Å²) in [7, 11) is 0. The molecule has 0 fully saturated rings. The highest BCUT2D eigenvalue weighted by Crippen LogP contribution is 2.28. The molecule has 0 radical (unpaired) electrons. The maximum Gasteiger partial charge on any atom is 0.230 e. The van der Waals surface area contributed by atoms with Gasteiger partial charge in [-0.25, -0.2) is 4.39 Å². The predicted octanol–water partition coefficient (Wildman–Crippen LogP) is 4.36. The number of nitrogens with one attached hydrogen (secondary N) is 1. The normalized spacial score (nSPS) is 10.7. The Hall–Kier alpha value is -3.65. The molecule has 4 aromatic rings.